The molecule has 0 atom stereocenters. The first-order chi connectivity index (χ1) is 15.4. The predicted octanol–water partition coefficient (Wildman–Crippen LogP) is 2.91. The molecular formula is C23H26ClN5O3. The van der Waals surface area contributed by atoms with E-state index in [0.29, 0.717) is 56.3 Å². The summed E-state index contributed by atoms with van der Waals surface area (Å²) in [6.45, 7) is 4.26. The van der Waals surface area contributed by atoms with Gasteiger partial charge in [-0.1, -0.05) is 23.7 Å². The van der Waals surface area contributed by atoms with Crippen molar-refractivity contribution in [2.75, 3.05) is 31.5 Å². The summed E-state index contributed by atoms with van der Waals surface area (Å²) in [5, 5.41) is 3.35. The number of piperazine rings is 1. The van der Waals surface area contributed by atoms with Crippen molar-refractivity contribution in [3.8, 4) is 0 Å². The van der Waals surface area contributed by atoms with E-state index in [9.17, 15) is 14.4 Å². The average molecular weight is 456 g/mol. The molecule has 2 aliphatic rings. The predicted molar refractivity (Wildman–Crippen MR) is 121 cm³/mol. The van der Waals surface area contributed by atoms with Gasteiger partial charge in [-0.15, -0.1) is 0 Å². The van der Waals surface area contributed by atoms with Gasteiger partial charge in [-0.3, -0.25) is 14.6 Å². The van der Waals surface area contributed by atoms with Gasteiger partial charge in [0.15, 0.2) is 0 Å². The Morgan fingerprint density at radius 2 is 1.88 bits per heavy atom. The van der Waals surface area contributed by atoms with Crippen molar-refractivity contribution in [2.45, 2.75) is 32.4 Å². The second kappa shape index (κ2) is 9.56. The molecule has 32 heavy (non-hydrogen) atoms. The fourth-order valence-corrected chi connectivity index (χ4v) is 4.45. The second-order valence-corrected chi connectivity index (χ2v) is 8.59. The molecule has 4 rings (SSSR count). The number of carbonyl (C=O) groups excluding carboxylic acids is 3. The number of likely N-dealkylation sites (tertiary alicyclic amines) is 1. The molecule has 0 unspecified atom stereocenters. The Bertz CT molecular complexity index is 1010. The van der Waals surface area contributed by atoms with E-state index in [4.69, 9.17) is 11.6 Å². The van der Waals surface area contributed by atoms with Crippen molar-refractivity contribution in [3.05, 3.63) is 58.9 Å². The van der Waals surface area contributed by atoms with Gasteiger partial charge in [-0.05, 0) is 49.6 Å². The summed E-state index contributed by atoms with van der Waals surface area (Å²) in [4.78, 5) is 47.2. The van der Waals surface area contributed by atoms with Crippen molar-refractivity contribution in [3.63, 3.8) is 0 Å². The lowest BCUT2D eigenvalue weighted by molar-refractivity contribution is -0.158. The van der Waals surface area contributed by atoms with E-state index in [1.807, 2.05) is 31.2 Å². The molecule has 1 aromatic heterocycles. The van der Waals surface area contributed by atoms with E-state index >= 15 is 0 Å². The highest BCUT2D eigenvalue weighted by molar-refractivity contribution is 6.35. The van der Waals surface area contributed by atoms with Crippen LogP contribution < -0.4 is 5.32 Å². The zero-order chi connectivity index (χ0) is 22.7. The molecule has 3 heterocycles. The first kappa shape index (κ1) is 22.1. The number of anilines is 1. The SMILES string of the molecule is Cc1ccc(NC(=O)N2CCC(N3CCN(Cc4ccccn4)C(=O)C3=O)CC2)c(Cl)c1. The minimum absolute atomic E-state index is 0.0459. The Balaban J connectivity index is 1.30. The van der Waals surface area contributed by atoms with Crippen LogP contribution in [0.4, 0.5) is 10.5 Å². The fourth-order valence-electron chi connectivity index (χ4n) is 4.17. The normalized spacial score (nSPS) is 17.6. The highest BCUT2D eigenvalue weighted by atomic mass is 35.5. The molecule has 9 heteroatoms. The molecule has 0 spiro atoms. The Morgan fingerprint density at radius 1 is 1.09 bits per heavy atom. The largest absolute Gasteiger partial charge is 0.330 e. The average Bonchev–Trinajstić information content (AvgIpc) is 2.80. The standard InChI is InChI=1S/C23H26ClN5O3/c1-16-5-6-20(19(24)14-16)26-23(32)27-10-7-18(8-11-27)29-13-12-28(21(30)22(29)31)15-17-4-2-3-9-25-17/h2-6,9,14,18H,7-8,10-13,15H2,1H3,(H,26,32). The topological polar surface area (TPSA) is 85.8 Å². The van der Waals surface area contributed by atoms with Crippen LogP contribution in [-0.2, 0) is 16.1 Å². The number of urea groups is 1. The first-order valence-corrected chi connectivity index (χ1v) is 11.1. The number of hydrogen-bond donors (Lipinski definition) is 1. The lowest BCUT2D eigenvalue weighted by Gasteiger charge is -2.42. The number of nitrogens with one attached hydrogen (secondary N) is 1. The zero-order valence-corrected chi connectivity index (χ0v) is 18.7. The van der Waals surface area contributed by atoms with E-state index in [1.54, 1.807) is 33.0 Å². The Labute approximate surface area is 192 Å². The number of halogens is 1. The minimum atomic E-state index is -0.490. The van der Waals surface area contributed by atoms with Crippen LogP contribution in [0.1, 0.15) is 24.1 Å². The van der Waals surface area contributed by atoms with E-state index < -0.39 is 11.8 Å². The monoisotopic (exact) mass is 455 g/mol. The van der Waals surface area contributed by atoms with Crippen LogP contribution in [0, 0.1) is 6.92 Å². The number of hydrogen-bond acceptors (Lipinski definition) is 4. The van der Waals surface area contributed by atoms with Gasteiger partial charge in [0.1, 0.15) is 0 Å². The molecule has 0 saturated carbocycles. The van der Waals surface area contributed by atoms with E-state index in [-0.39, 0.29) is 12.1 Å². The van der Waals surface area contributed by atoms with Crippen LogP contribution in [0.3, 0.4) is 0 Å². The molecule has 8 nitrogen and oxygen atoms in total. The summed E-state index contributed by atoms with van der Waals surface area (Å²) in [7, 11) is 0. The fraction of sp³-hybridized carbons (Fsp3) is 0.391. The van der Waals surface area contributed by atoms with Gasteiger partial charge < -0.3 is 20.0 Å². The molecular weight excluding hydrogens is 430 g/mol. The summed E-state index contributed by atoms with van der Waals surface area (Å²) in [6, 6.07) is 10.7. The highest BCUT2D eigenvalue weighted by Gasteiger charge is 2.38. The molecule has 0 radical (unpaired) electrons. The Kier molecular flexibility index (Phi) is 6.60. The van der Waals surface area contributed by atoms with Gasteiger partial charge in [0, 0.05) is 38.4 Å². The van der Waals surface area contributed by atoms with Gasteiger partial charge in [-0.25, -0.2) is 4.79 Å². The number of rotatable bonds is 4. The summed E-state index contributed by atoms with van der Waals surface area (Å²) < 4.78 is 0. The Hall–Kier alpha value is -3.13. The quantitative estimate of drug-likeness (QED) is 0.718. The summed E-state index contributed by atoms with van der Waals surface area (Å²) in [5.74, 6) is -0.961. The number of aryl methyl sites for hydroxylation is 1. The number of benzene rings is 1. The van der Waals surface area contributed by atoms with Crippen LogP contribution in [-0.4, -0.2) is 69.8 Å². The van der Waals surface area contributed by atoms with E-state index in [0.717, 1.165) is 11.3 Å². The molecule has 2 fully saturated rings. The van der Waals surface area contributed by atoms with Gasteiger partial charge in [-0.2, -0.15) is 0 Å². The molecule has 4 amide bonds. The third kappa shape index (κ3) is 4.85. The van der Waals surface area contributed by atoms with Crippen molar-refractivity contribution in [2.24, 2.45) is 0 Å². The lowest BCUT2D eigenvalue weighted by Crippen LogP contribution is -2.59. The number of piperidine rings is 1. The van der Waals surface area contributed by atoms with Gasteiger partial charge in [0.25, 0.3) is 0 Å². The van der Waals surface area contributed by atoms with Crippen LogP contribution in [0.15, 0.2) is 42.6 Å². The van der Waals surface area contributed by atoms with Crippen LogP contribution in [0.2, 0.25) is 5.02 Å². The van der Waals surface area contributed by atoms with Crippen LogP contribution in [0.5, 0.6) is 0 Å². The van der Waals surface area contributed by atoms with Crippen molar-refractivity contribution >= 4 is 35.1 Å². The molecule has 168 valence electrons. The third-order valence-corrected chi connectivity index (χ3v) is 6.29. The number of amides is 4. The molecule has 0 aliphatic carbocycles. The third-order valence-electron chi connectivity index (χ3n) is 5.98. The number of carbonyl (C=O) groups is 3. The number of pyridine rings is 1. The second-order valence-electron chi connectivity index (χ2n) is 8.18. The van der Waals surface area contributed by atoms with Crippen LogP contribution in [0.25, 0.3) is 0 Å². The molecule has 2 saturated heterocycles. The Morgan fingerprint density at radius 3 is 2.56 bits per heavy atom. The summed E-state index contributed by atoms with van der Waals surface area (Å²) in [6.07, 6.45) is 2.94. The van der Waals surface area contributed by atoms with E-state index in [1.165, 1.54) is 0 Å². The highest BCUT2D eigenvalue weighted by Crippen LogP contribution is 2.25. The van der Waals surface area contributed by atoms with Crippen molar-refractivity contribution in [1.82, 2.24) is 19.7 Å². The van der Waals surface area contributed by atoms with Crippen LogP contribution >= 0.6 is 11.6 Å². The molecule has 1 N–H and O–H groups in total. The number of aromatic nitrogens is 1. The molecule has 0 bridgehead atoms. The number of nitrogens with zero attached hydrogens (tertiary/aromatic N) is 4. The van der Waals surface area contributed by atoms with Crippen molar-refractivity contribution in [1.29, 1.82) is 0 Å². The minimum Gasteiger partial charge on any atom is -0.330 e. The maximum absolute atomic E-state index is 12.8. The lowest BCUT2D eigenvalue weighted by atomic mass is 10.0. The molecule has 2 aliphatic heterocycles. The summed E-state index contributed by atoms with van der Waals surface area (Å²) in [5.41, 5.74) is 2.36. The maximum atomic E-state index is 12.8. The zero-order valence-electron chi connectivity index (χ0n) is 18.0. The van der Waals surface area contributed by atoms with Gasteiger partial charge >= 0.3 is 17.8 Å². The first-order valence-electron chi connectivity index (χ1n) is 10.7. The molecule has 1 aromatic carbocycles. The van der Waals surface area contributed by atoms with Gasteiger partial charge in [0.05, 0.1) is 22.9 Å². The van der Waals surface area contributed by atoms with Gasteiger partial charge in [0.2, 0.25) is 0 Å². The summed E-state index contributed by atoms with van der Waals surface area (Å²) >= 11 is 6.21. The maximum Gasteiger partial charge on any atom is 0.321 e. The molecule has 2 aromatic rings. The van der Waals surface area contributed by atoms with E-state index in [2.05, 4.69) is 10.3 Å². The smallest absolute Gasteiger partial charge is 0.321 e. The van der Waals surface area contributed by atoms with Crippen molar-refractivity contribution < 1.29 is 14.4 Å².